The molecule has 3 nitrogen and oxygen atoms in total. The van der Waals surface area contributed by atoms with Gasteiger partial charge in [-0.05, 0) is 101 Å². The lowest BCUT2D eigenvalue weighted by atomic mass is 9.64. The molecule has 170 valence electrons. The van der Waals surface area contributed by atoms with Crippen LogP contribution in [0.2, 0.25) is 0 Å². The lowest BCUT2D eigenvalue weighted by Crippen LogP contribution is -2.34. The number of ether oxygens (including phenoxy) is 2. The van der Waals surface area contributed by atoms with Crippen molar-refractivity contribution in [1.82, 2.24) is 0 Å². The lowest BCUT2D eigenvalue weighted by Gasteiger charge is -2.39. The van der Waals surface area contributed by atoms with E-state index in [2.05, 4.69) is 46.3 Å². The van der Waals surface area contributed by atoms with Crippen molar-refractivity contribution in [3.8, 4) is 5.75 Å². The smallest absolute Gasteiger partial charge is 0.337 e. The Kier molecular flexibility index (Phi) is 6.33. The number of halogens is 1. The van der Waals surface area contributed by atoms with Gasteiger partial charge in [-0.3, -0.25) is 0 Å². The van der Waals surface area contributed by atoms with Gasteiger partial charge in [-0.25, -0.2) is 4.79 Å². The summed E-state index contributed by atoms with van der Waals surface area (Å²) in [4.78, 5) is 11.9. The average molecular weight is 497 g/mol. The molecule has 3 aliphatic carbocycles. The van der Waals surface area contributed by atoms with Gasteiger partial charge in [0.1, 0.15) is 5.75 Å². The van der Waals surface area contributed by atoms with Crippen LogP contribution in [0.3, 0.4) is 0 Å². The molecule has 32 heavy (non-hydrogen) atoms. The zero-order valence-electron chi connectivity index (χ0n) is 18.9. The first-order valence-electron chi connectivity index (χ1n) is 12.2. The summed E-state index contributed by atoms with van der Waals surface area (Å²) in [6, 6.07) is 14.9. The first-order chi connectivity index (χ1) is 15.6. The van der Waals surface area contributed by atoms with E-state index in [0.717, 1.165) is 22.7 Å². The minimum absolute atomic E-state index is 0.0159. The highest BCUT2D eigenvalue weighted by molar-refractivity contribution is 9.10. The van der Waals surface area contributed by atoms with Crippen molar-refractivity contribution in [2.75, 3.05) is 13.7 Å². The van der Waals surface area contributed by atoms with Gasteiger partial charge in [0, 0.05) is 5.41 Å². The molecule has 2 aromatic rings. The van der Waals surface area contributed by atoms with Gasteiger partial charge < -0.3 is 9.47 Å². The maximum Gasteiger partial charge on any atom is 0.337 e. The number of hydrogen-bond acceptors (Lipinski definition) is 3. The molecule has 0 aromatic heterocycles. The normalized spacial score (nSPS) is 27.4. The molecule has 3 atom stereocenters. The molecule has 0 aliphatic heterocycles. The molecular formula is C28H33BrO3. The molecule has 4 heteroatoms. The van der Waals surface area contributed by atoms with E-state index in [4.69, 9.17) is 9.47 Å². The molecule has 3 fully saturated rings. The van der Waals surface area contributed by atoms with Crippen LogP contribution in [0.15, 0.2) is 46.9 Å². The van der Waals surface area contributed by atoms with Crippen LogP contribution in [0, 0.1) is 17.8 Å². The van der Waals surface area contributed by atoms with Crippen molar-refractivity contribution in [3.05, 3.63) is 63.6 Å². The maximum atomic E-state index is 11.9. The van der Waals surface area contributed by atoms with Gasteiger partial charge in [0.15, 0.2) is 0 Å². The summed E-state index contributed by atoms with van der Waals surface area (Å²) in [5.74, 6) is 2.82. The minimum atomic E-state index is -0.277. The van der Waals surface area contributed by atoms with Gasteiger partial charge in [0.25, 0.3) is 0 Å². The minimum Gasteiger partial charge on any atom is -0.492 e. The molecule has 3 unspecified atom stereocenters. The Morgan fingerprint density at radius 1 is 1.00 bits per heavy atom. The number of rotatable bonds is 6. The van der Waals surface area contributed by atoms with E-state index in [1.165, 1.54) is 76.0 Å². The summed E-state index contributed by atoms with van der Waals surface area (Å²) in [5.41, 5.74) is 3.32. The van der Waals surface area contributed by atoms with Crippen LogP contribution in [-0.2, 0) is 10.2 Å². The Morgan fingerprint density at radius 2 is 1.75 bits per heavy atom. The fraction of sp³-hybridized carbons (Fsp3) is 0.536. The van der Waals surface area contributed by atoms with E-state index in [1.807, 2.05) is 12.1 Å². The Labute approximate surface area is 200 Å². The highest BCUT2D eigenvalue weighted by Gasteiger charge is 2.52. The number of carbonyl (C=O) groups is 1. The quantitative estimate of drug-likeness (QED) is 0.393. The van der Waals surface area contributed by atoms with Gasteiger partial charge in [0.2, 0.25) is 0 Å². The summed E-state index contributed by atoms with van der Waals surface area (Å²) in [7, 11) is 1.43. The van der Waals surface area contributed by atoms with Gasteiger partial charge in [-0.1, -0.05) is 43.9 Å². The molecule has 0 amide bonds. The molecular weight excluding hydrogens is 464 g/mol. The van der Waals surface area contributed by atoms with E-state index in [0.29, 0.717) is 17.4 Å². The second-order valence-electron chi connectivity index (χ2n) is 10.1. The van der Waals surface area contributed by atoms with E-state index in [9.17, 15) is 4.79 Å². The van der Waals surface area contributed by atoms with Crippen LogP contribution in [0.5, 0.6) is 5.75 Å². The van der Waals surface area contributed by atoms with Gasteiger partial charge in [0.05, 0.1) is 23.8 Å². The fourth-order valence-electron chi connectivity index (χ4n) is 6.68. The molecule has 0 spiro atoms. The SMILES string of the molecule is COC(=O)c1ccc(C2(c3ccc(OCC4CCCCC4)c(Br)c3)CC3CCC2C3)cc1. The van der Waals surface area contributed by atoms with Gasteiger partial charge in [-0.2, -0.15) is 0 Å². The average Bonchev–Trinajstić information content (AvgIpc) is 3.46. The summed E-state index contributed by atoms with van der Waals surface area (Å²) in [5, 5.41) is 0. The van der Waals surface area contributed by atoms with E-state index < -0.39 is 0 Å². The van der Waals surface area contributed by atoms with Crippen molar-refractivity contribution in [2.45, 2.75) is 63.2 Å². The number of hydrogen-bond donors (Lipinski definition) is 0. The number of esters is 1. The third kappa shape index (κ3) is 4.00. The third-order valence-corrected chi connectivity index (χ3v) is 8.94. The van der Waals surface area contributed by atoms with Gasteiger partial charge in [-0.15, -0.1) is 0 Å². The number of carbonyl (C=O) groups excluding carboxylic acids is 1. The number of methoxy groups -OCH3 is 1. The van der Waals surface area contributed by atoms with Crippen LogP contribution in [0.25, 0.3) is 0 Å². The van der Waals surface area contributed by atoms with Crippen LogP contribution >= 0.6 is 15.9 Å². The molecule has 0 saturated heterocycles. The second-order valence-corrected chi connectivity index (χ2v) is 10.9. The maximum absolute atomic E-state index is 11.9. The molecule has 2 aromatic carbocycles. The molecule has 3 saturated carbocycles. The Morgan fingerprint density at radius 3 is 2.38 bits per heavy atom. The van der Waals surface area contributed by atoms with Crippen LogP contribution in [0.4, 0.5) is 0 Å². The Hall–Kier alpha value is -1.81. The van der Waals surface area contributed by atoms with Crippen molar-refractivity contribution in [2.24, 2.45) is 17.8 Å². The van der Waals surface area contributed by atoms with Crippen molar-refractivity contribution < 1.29 is 14.3 Å². The van der Waals surface area contributed by atoms with Crippen molar-refractivity contribution >= 4 is 21.9 Å². The highest BCUT2D eigenvalue weighted by Crippen LogP contribution is 2.60. The standard InChI is InChI=1S/C28H33BrO3/c1-31-27(30)21-8-11-22(12-9-21)28(17-20-7-10-23(28)15-20)24-13-14-26(25(29)16-24)32-18-19-5-3-2-4-6-19/h8-9,11-14,16,19-20,23H,2-7,10,15,17-18H2,1H3. The topological polar surface area (TPSA) is 35.5 Å². The Bertz CT molecular complexity index is 963. The summed E-state index contributed by atoms with van der Waals surface area (Å²) < 4.78 is 12.2. The highest BCUT2D eigenvalue weighted by atomic mass is 79.9. The number of fused-ring (bicyclic) bond motifs is 2. The lowest BCUT2D eigenvalue weighted by molar-refractivity contribution is 0.0600. The summed E-state index contributed by atoms with van der Waals surface area (Å²) >= 11 is 3.82. The molecule has 0 heterocycles. The van der Waals surface area contributed by atoms with Crippen molar-refractivity contribution in [3.63, 3.8) is 0 Å². The zero-order valence-corrected chi connectivity index (χ0v) is 20.5. The van der Waals surface area contributed by atoms with E-state index in [1.54, 1.807) is 0 Å². The molecule has 0 radical (unpaired) electrons. The third-order valence-electron chi connectivity index (χ3n) is 8.32. The fourth-order valence-corrected chi connectivity index (χ4v) is 7.18. The van der Waals surface area contributed by atoms with Crippen LogP contribution in [-0.4, -0.2) is 19.7 Å². The molecule has 2 bridgehead atoms. The van der Waals surface area contributed by atoms with Crippen molar-refractivity contribution in [1.29, 1.82) is 0 Å². The summed E-state index contributed by atoms with van der Waals surface area (Å²) in [6.45, 7) is 0.822. The predicted octanol–water partition coefficient (Wildman–Crippen LogP) is 7.30. The Balaban J connectivity index is 1.42. The molecule has 3 aliphatic rings. The molecule has 0 N–H and O–H groups in total. The summed E-state index contributed by atoms with van der Waals surface area (Å²) in [6.07, 6.45) is 11.8. The van der Waals surface area contributed by atoms with E-state index in [-0.39, 0.29) is 11.4 Å². The van der Waals surface area contributed by atoms with Gasteiger partial charge >= 0.3 is 5.97 Å². The van der Waals surface area contributed by atoms with Crippen LogP contribution in [0.1, 0.15) is 79.3 Å². The number of benzene rings is 2. The first-order valence-corrected chi connectivity index (χ1v) is 13.0. The second kappa shape index (κ2) is 9.21. The predicted molar refractivity (Wildman–Crippen MR) is 130 cm³/mol. The largest absolute Gasteiger partial charge is 0.492 e. The van der Waals surface area contributed by atoms with E-state index >= 15 is 0 Å². The van der Waals surface area contributed by atoms with Crippen LogP contribution < -0.4 is 4.74 Å². The first kappa shape index (κ1) is 22.0. The monoisotopic (exact) mass is 496 g/mol. The zero-order chi connectivity index (χ0) is 22.1. The molecule has 5 rings (SSSR count).